The third kappa shape index (κ3) is 3.57. The van der Waals surface area contributed by atoms with E-state index in [1.54, 1.807) is 12.1 Å². The molecule has 1 saturated carbocycles. The lowest BCUT2D eigenvalue weighted by Crippen LogP contribution is -2.32. The summed E-state index contributed by atoms with van der Waals surface area (Å²) >= 11 is 0. The fraction of sp³-hybridized carbons (Fsp3) is 0.389. The van der Waals surface area contributed by atoms with Crippen molar-refractivity contribution < 1.29 is 14.1 Å². The average Bonchev–Trinajstić information content (AvgIpc) is 3.00. The summed E-state index contributed by atoms with van der Waals surface area (Å²) in [7, 11) is 0. The van der Waals surface area contributed by atoms with Crippen molar-refractivity contribution in [3.8, 4) is 11.8 Å². The quantitative estimate of drug-likeness (QED) is 0.912. The van der Waals surface area contributed by atoms with Crippen molar-refractivity contribution in [3.63, 3.8) is 0 Å². The largest absolute Gasteiger partial charge is 0.490 e. The summed E-state index contributed by atoms with van der Waals surface area (Å²) in [6.45, 7) is 3.34. The van der Waals surface area contributed by atoms with Crippen molar-refractivity contribution >= 4 is 5.91 Å². The molecule has 0 saturated heterocycles. The molecule has 0 spiro atoms. The Bertz CT molecular complexity index is 755. The van der Waals surface area contributed by atoms with E-state index in [4.69, 9.17) is 14.5 Å². The number of carbonyl (C=O) groups is 1. The first kappa shape index (κ1) is 16.1. The lowest BCUT2D eigenvalue weighted by molar-refractivity contribution is -0.119. The van der Waals surface area contributed by atoms with Crippen LogP contribution in [-0.4, -0.2) is 17.2 Å². The zero-order valence-electron chi connectivity index (χ0n) is 13.7. The van der Waals surface area contributed by atoms with Gasteiger partial charge in [-0.1, -0.05) is 5.16 Å². The zero-order chi connectivity index (χ0) is 17.1. The lowest BCUT2D eigenvalue weighted by Gasteiger charge is -2.34. The summed E-state index contributed by atoms with van der Waals surface area (Å²) in [5, 5.41) is 15.7. The highest BCUT2D eigenvalue weighted by Gasteiger charge is 2.34. The van der Waals surface area contributed by atoms with Gasteiger partial charge in [0.05, 0.1) is 29.5 Å². The molecule has 6 nitrogen and oxygen atoms in total. The first-order chi connectivity index (χ1) is 11.5. The van der Waals surface area contributed by atoms with E-state index in [0.29, 0.717) is 17.2 Å². The van der Waals surface area contributed by atoms with Gasteiger partial charge >= 0.3 is 0 Å². The molecule has 1 atom stereocenters. The molecule has 0 aliphatic heterocycles. The number of carbonyl (C=O) groups excluding carboxylic acids is 1. The summed E-state index contributed by atoms with van der Waals surface area (Å²) in [5.74, 6) is 1.66. The lowest BCUT2D eigenvalue weighted by atomic mass is 9.80. The number of aromatic nitrogens is 1. The van der Waals surface area contributed by atoms with Crippen LogP contribution in [0.1, 0.15) is 55.7 Å². The Labute approximate surface area is 140 Å². The maximum Gasteiger partial charge on any atom is 0.217 e. The predicted octanol–water partition coefficient (Wildman–Crippen LogP) is 3.07. The molecule has 1 aliphatic rings. The molecule has 1 aromatic carbocycles. The molecular weight excluding hydrogens is 306 g/mol. The SMILES string of the molecule is CC(=O)N[C@@H](C)c1cc(C2CC(Oc3ccc(C#N)cc3)C2)no1. The minimum absolute atomic E-state index is 0.0972. The third-order valence-corrected chi connectivity index (χ3v) is 4.19. The summed E-state index contributed by atoms with van der Waals surface area (Å²) in [4.78, 5) is 11.1. The number of rotatable bonds is 5. The molecule has 0 bridgehead atoms. The standard InChI is InChI=1S/C18H19N3O3/c1-11(20-12(2)22)18-9-17(21-24-18)14-7-16(8-14)23-15-5-3-13(10-19)4-6-15/h3-6,9,11,14,16H,7-8H2,1-2H3,(H,20,22)/t11-,14?,16?/m0/s1. The van der Waals surface area contributed by atoms with Crippen LogP contribution in [0.25, 0.3) is 0 Å². The third-order valence-electron chi connectivity index (χ3n) is 4.19. The number of nitrogens with one attached hydrogen (secondary N) is 1. The highest BCUT2D eigenvalue weighted by Crippen LogP contribution is 2.39. The second kappa shape index (κ2) is 6.75. The van der Waals surface area contributed by atoms with Crippen LogP contribution in [0.5, 0.6) is 5.75 Å². The summed E-state index contributed by atoms with van der Waals surface area (Å²) in [6, 6.07) is 10.9. The Kier molecular flexibility index (Phi) is 4.52. The van der Waals surface area contributed by atoms with E-state index >= 15 is 0 Å². The van der Waals surface area contributed by atoms with E-state index in [2.05, 4.69) is 16.5 Å². The molecular formula is C18H19N3O3. The molecule has 1 heterocycles. The molecule has 24 heavy (non-hydrogen) atoms. The average molecular weight is 325 g/mol. The Morgan fingerprint density at radius 3 is 2.75 bits per heavy atom. The van der Waals surface area contributed by atoms with E-state index in [-0.39, 0.29) is 18.1 Å². The number of nitrogens with zero attached hydrogens (tertiary/aromatic N) is 2. The van der Waals surface area contributed by atoms with Crippen LogP contribution in [0.2, 0.25) is 0 Å². The van der Waals surface area contributed by atoms with Gasteiger partial charge < -0.3 is 14.6 Å². The monoisotopic (exact) mass is 325 g/mol. The van der Waals surface area contributed by atoms with Crippen molar-refractivity contribution in [3.05, 3.63) is 47.3 Å². The van der Waals surface area contributed by atoms with Gasteiger partial charge in [0.25, 0.3) is 0 Å². The number of hydrogen-bond donors (Lipinski definition) is 1. The number of nitriles is 1. The molecule has 1 amide bonds. The highest BCUT2D eigenvalue weighted by atomic mass is 16.5. The van der Waals surface area contributed by atoms with E-state index in [1.165, 1.54) is 6.92 Å². The topological polar surface area (TPSA) is 88.1 Å². The molecule has 2 aromatic rings. The predicted molar refractivity (Wildman–Crippen MR) is 86.3 cm³/mol. The van der Waals surface area contributed by atoms with Crippen LogP contribution < -0.4 is 10.1 Å². The minimum Gasteiger partial charge on any atom is -0.490 e. The van der Waals surface area contributed by atoms with Gasteiger partial charge in [-0.3, -0.25) is 4.79 Å². The van der Waals surface area contributed by atoms with Gasteiger partial charge in [-0.2, -0.15) is 5.26 Å². The number of ether oxygens (including phenoxy) is 1. The van der Waals surface area contributed by atoms with Gasteiger partial charge in [-0.15, -0.1) is 0 Å². The number of hydrogen-bond acceptors (Lipinski definition) is 5. The fourth-order valence-corrected chi connectivity index (χ4v) is 2.78. The van der Waals surface area contributed by atoms with E-state index in [9.17, 15) is 4.79 Å². The molecule has 3 rings (SSSR count). The number of benzene rings is 1. The van der Waals surface area contributed by atoms with Crippen molar-refractivity contribution in [1.82, 2.24) is 10.5 Å². The van der Waals surface area contributed by atoms with Crippen LogP contribution >= 0.6 is 0 Å². The maximum atomic E-state index is 11.1. The van der Waals surface area contributed by atoms with Gasteiger partial charge in [0, 0.05) is 18.9 Å². The zero-order valence-corrected chi connectivity index (χ0v) is 13.7. The van der Waals surface area contributed by atoms with Gasteiger partial charge in [-0.25, -0.2) is 0 Å². The second-order valence-electron chi connectivity index (χ2n) is 6.12. The smallest absolute Gasteiger partial charge is 0.217 e. The van der Waals surface area contributed by atoms with Crippen LogP contribution in [0.3, 0.4) is 0 Å². The summed E-state index contributed by atoms with van der Waals surface area (Å²) in [5.41, 5.74) is 1.53. The Morgan fingerprint density at radius 2 is 2.12 bits per heavy atom. The van der Waals surface area contributed by atoms with E-state index in [1.807, 2.05) is 25.1 Å². The molecule has 0 radical (unpaired) electrons. The molecule has 1 aromatic heterocycles. The molecule has 6 heteroatoms. The van der Waals surface area contributed by atoms with Crippen molar-refractivity contribution in [1.29, 1.82) is 5.26 Å². The first-order valence-corrected chi connectivity index (χ1v) is 7.95. The highest BCUT2D eigenvalue weighted by molar-refractivity contribution is 5.73. The normalized spacial score (nSPS) is 20.5. The van der Waals surface area contributed by atoms with Gasteiger partial charge in [0.1, 0.15) is 5.75 Å². The Morgan fingerprint density at radius 1 is 1.42 bits per heavy atom. The van der Waals surface area contributed by atoms with Crippen LogP contribution in [0.15, 0.2) is 34.9 Å². The van der Waals surface area contributed by atoms with Gasteiger partial charge in [0.2, 0.25) is 5.91 Å². The molecule has 1 N–H and O–H groups in total. The first-order valence-electron chi connectivity index (χ1n) is 7.95. The maximum absolute atomic E-state index is 11.1. The van der Waals surface area contributed by atoms with Crippen LogP contribution in [0, 0.1) is 11.3 Å². The molecule has 1 aliphatic carbocycles. The Hall–Kier alpha value is -2.81. The molecule has 0 unspecified atom stereocenters. The summed E-state index contributed by atoms with van der Waals surface area (Å²) < 4.78 is 11.2. The molecule has 1 fully saturated rings. The van der Waals surface area contributed by atoms with Gasteiger partial charge in [-0.05, 0) is 44.0 Å². The molecule has 124 valence electrons. The minimum atomic E-state index is -0.186. The second-order valence-corrected chi connectivity index (χ2v) is 6.12. The van der Waals surface area contributed by atoms with Crippen molar-refractivity contribution in [2.45, 2.75) is 44.8 Å². The van der Waals surface area contributed by atoms with Gasteiger partial charge in [0.15, 0.2) is 5.76 Å². The van der Waals surface area contributed by atoms with Crippen molar-refractivity contribution in [2.75, 3.05) is 0 Å². The van der Waals surface area contributed by atoms with Crippen LogP contribution in [0.4, 0.5) is 0 Å². The van der Waals surface area contributed by atoms with Crippen molar-refractivity contribution in [2.24, 2.45) is 0 Å². The Balaban J connectivity index is 1.52. The summed E-state index contributed by atoms with van der Waals surface area (Å²) in [6.07, 6.45) is 1.90. The van der Waals surface area contributed by atoms with E-state index in [0.717, 1.165) is 24.3 Å². The van der Waals surface area contributed by atoms with E-state index < -0.39 is 0 Å². The fourth-order valence-electron chi connectivity index (χ4n) is 2.78. The van der Waals surface area contributed by atoms with Crippen LogP contribution in [-0.2, 0) is 4.79 Å². The number of amides is 1.